The van der Waals surface area contributed by atoms with Crippen molar-refractivity contribution < 1.29 is 5.21 Å². The highest BCUT2D eigenvalue weighted by atomic mass is 79.9. The zero-order chi connectivity index (χ0) is 9.24. The van der Waals surface area contributed by atoms with E-state index >= 15 is 0 Å². The molecule has 6 aliphatic carbocycles. The Morgan fingerprint density at radius 3 is 2.93 bits per heavy atom. The first-order chi connectivity index (χ1) is 6.77. The lowest BCUT2D eigenvalue weighted by atomic mass is 9.71. The van der Waals surface area contributed by atoms with Crippen molar-refractivity contribution in [3.8, 4) is 0 Å². The summed E-state index contributed by atoms with van der Waals surface area (Å²) in [6.07, 6.45) is 2.80. The van der Waals surface area contributed by atoms with Crippen molar-refractivity contribution in [2.45, 2.75) is 17.2 Å². The lowest BCUT2D eigenvalue weighted by Crippen LogP contribution is -2.39. The Kier molecular flexibility index (Phi) is 0.883. The van der Waals surface area contributed by atoms with E-state index in [4.69, 9.17) is 5.21 Å². The zero-order valence-electron chi connectivity index (χ0n) is 7.73. The average Bonchev–Trinajstić information content (AvgIpc) is 2.76. The van der Waals surface area contributed by atoms with Gasteiger partial charge >= 0.3 is 0 Å². The van der Waals surface area contributed by atoms with Crippen LogP contribution in [0, 0.1) is 41.4 Å². The molecule has 0 spiro atoms. The van der Waals surface area contributed by atoms with Gasteiger partial charge in [-0.1, -0.05) is 21.1 Å². The second-order valence-corrected chi connectivity index (χ2v) is 7.47. The largest absolute Gasteiger partial charge is 0.411 e. The lowest BCUT2D eigenvalue weighted by Gasteiger charge is -2.37. The van der Waals surface area contributed by atoms with Crippen LogP contribution in [0.15, 0.2) is 5.16 Å². The summed E-state index contributed by atoms with van der Waals surface area (Å²) in [5.74, 6) is 5.85. The minimum atomic E-state index is 0.367. The van der Waals surface area contributed by atoms with Crippen molar-refractivity contribution in [3.63, 3.8) is 0 Å². The molecule has 0 aromatic heterocycles. The first-order valence-electron chi connectivity index (χ1n) is 5.68. The fraction of sp³-hybridized carbons (Fsp3) is 0.909. The smallest absolute Gasteiger partial charge is 0.0655 e. The molecule has 6 bridgehead atoms. The number of rotatable bonds is 0. The standard InChI is InChI=1S/C11H12BrNO/c12-11-2-5-3-1-4-6(5)9(11)10(13-14)7(4)8(3)11/h3-9,14H,1-2H2/b13-10-/t3-,4-,5+,6-,7-,8-,9+,11-/m0/s1. The number of hydrogen-bond donors (Lipinski definition) is 1. The zero-order valence-corrected chi connectivity index (χ0v) is 9.31. The SMILES string of the molecule is O/N=C1/[C@H]2[C@H]3C[C@H]4[C@H]5C[C@](Br)([C@@H]42)[C@@H]1[C@H]53. The molecule has 2 nitrogen and oxygen atoms in total. The Labute approximate surface area is 90.9 Å². The van der Waals surface area contributed by atoms with Crippen LogP contribution in [0.1, 0.15) is 12.8 Å². The molecule has 0 radical (unpaired) electrons. The Morgan fingerprint density at radius 1 is 1.36 bits per heavy atom. The summed E-state index contributed by atoms with van der Waals surface area (Å²) in [5, 5.41) is 12.8. The fourth-order valence-corrected chi connectivity index (χ4v) is 7.89. The summed E-state index contributed by atoms with van der Waals surface area (Å²) in [6, 6.07) is 0. The maximum atomic E-state index is 9.16. The molecule has 0 aromatic carbocycles. The van der Waals surface area contributed by atoms with Crippen molar-refractivity contribution in [2.75, 3.05) is 0 Å². The highest BCUT2D eigenvalue weighted by molar-refractivity contribution is 9.10. The summed E-state index contributed by atoms with van der Waals surface area (Å²) in [7, 11) is 0. The number of halogens is 1. The third-order valence-electron chi connectivity index (χ3n) is 6.17. The van der Waals surface area contributed by atoms with Gasteiger partial charge in [0.25, 0.3) is 0 Å². The van der Waals surface area contributed by atoms with Crippen LogP contribution in [0.3, 0.4) is 0 Å². The van der Waals surface area contributed by atoms with Crippen molar-refractivity contribution in [1.29, 1.82) is 0 Å². The molecule has 14 heavy (non-hydrogen) atoms. The van der Waals surface area contributed by atoms with Crippen LogP contribution in [0.25, 0.3) is 0 Å². The predicted octanol–water partition coefficient (Wildman–Crippen LogP) is 2.11. The molecule has 6 aliphatic rings. The van der Waals surface area contributed by atoms with Crippen LogP contribution in [0.2, 0.25) is 0 Å². The average molecular weight is 254 g/mol. The van der Waals surface area contributed by atoms with Gasteiger partial charge in [0.2, 0.25) is 0 Å². The van der Waals surface area contributed by atoms with E-state index in [0.717, 1.165) is 29.6 Å². The van der Waals surface area contributed by atoms with Crippen LogP contribution in [-0.2, 0) is 0 Å². The van der Waals surface area contributed by atoms with Crippen molar-refractivity contribution in [1.82, 2.24) is 0 Å². The molecular formula is C11H12BrNO. The number of nitrogens with zero attached hydrogens (tertiary/aromatic N) is 1. The van der Waals surface area contributed by atoms with E-state index in [1.54, 1.807) is 0 Å². The van der Waals surface area contributed by atoms with Crippen LogP contribution in [0.4, 0.5) is 0 Å². The van der Waals surface area contributed by atoms with E-state index in [9.17, 15) is 0 Å². The first kappa shape index (κ1) is 7.26. The summed E-state index contributed by atoms with van der Waals surface area (Å²) in [4.78, 5) is 0. The van der Waals surface area contributed by atoms with Gasteiger partial charge in [-0.25, -0.2) is 0 Å². The first-order valence-corrected chi connectivity index (χ1v) is 6.47. The lowest BCUT2D eigenvalue weighted by molar-refractivity contribution is 0.149. The molecule has 0 saturated heterocycles. The van der Waals surface area contributed by atoms with Crippen LogP contribution >= 0.6 is 15.9 Å². The van der Waals surface area contributed by atoms with Gasteiger partial charge in [-0.15, -0.1) is 0 Å². The minimum Gasteiger partial charge on any atom is -0.411 e. The van der Waals surface area contributed by atoms with Gasteiger partial charge in [-0.2, -0.15) is 0 Å². The Bertz CT molecular complexity index is 395. The normalized spacial score (nSPS) is 77.8. The van der Waals surface area contributed by atoms with Crippen molar-refractivity contribution in [3.05, 3.63) is 0 Å². The summed E-state index contributed by atoms with van der Waals surface area (Å²) in [6.45, 7) is 0. The van der Waals surface area contributed by atoms with E-state index in [2.05, 4.69) is 21.1 Å². The molecule has 0 aromatic rings. The molecule has 0 amide bonds. The van der Waals surface area contributed by atoms with Crippen LogP contribution in [-0.4, -0.2) is 15.2 Å². The van der Waals surface area contributed by atoms with Crippen LogP contribution in [0.5, 0.6) is 0 Å². The monoisotopic (exact) mass is 253 g/mol. The molecule has 1 N–H and O–H groups in total. The quantitative estimate of drug-likeness (QED) is 0.401. The number of oxime groups is 1. The Balaban J connectivity index is 1.89. The third kappa shape index (κ3) is 0.412. The number of alkyl halides is 1. The summed E-state index contributed by atoms with van der Waals surface area (Å²) >= 11 is 4.01. The fourth-order valence-electron chi connectivity index (χ4n) is 6.35. The molecule has 0 aliphatic heterocycles. The maximum absolute atomic E-state index is 9.16. The number of hydrogen-bond acceptors (Lipinski definition) is 2. The van der Waals surface area contributed by atoms with E-state index < -0.39 is 0 Å². The Hall–Kier alpha value is -0.0500. The van der Waals surface area contributed by atoms with E-state index in [-0.39, 0.29) is 0 Å². The van der Waals surface area contributed by atoms with Gasteiger partial charge in [-0.05, 0) is 42.4 Å². The highest BCUT2D eigenvalue weighted by Gasteiger charge is 2.85. The Morgan fingerprint density at radius 2 is 2.21 bits per heavy atom. The summed E-state index contributed by atoms with van der Waals surface area (Å²) in [5.41, 5.74) is 1.17. The minimum absolute atomic E-state index is 0.367. The molecule has 3 heteroatoms. The second-order valence-electron chi connectivity index (χ2n) is 5.99. The van der Waals surface area contributed by atoms with E-state index in [1.165, 1.54) is 18.6 Å². The predicted molar refractivity (Wildman–Crippen MR) is 54.5 cm³/mol. The molecule has 0 heterocycles. The van der Waals surface area contributed by atoms with Gasteiger partial charge in [-0.3, -0.25) is 0 Å². The van der Waals surface area contributed by atoms with Gasteiger partial charge in [0, 0.05) is 16.2 Å². The van der Waals surface area contributed by atoms with Crippen LogP contribution < -0.4 is 0 Å². The molecule has 6 rings (SSSR count). The second kappa shape index (κ2) is 1.70. The molecule has 74 valence electrons. The van der Waals surface area contributed by atoms with Gasteiger partial charge in [0.15, 0.2) is 0 Å². The highest BCUT2D eigenvalue weighted by Crippen LogP contribution is 2.85. The van der Waals surface area contributed by atoms with Gasteiger partial charge in [0.1, 0.15) is 0 Å². The third-order valence-corrected chi connectivity index (χ3v) is 7.52. The topological polar surface area (TPSA) is 32.6 Å². The molecule has 0 unspecified atom stereocenters. The molecule has 6 saturated carbocycles. The van der Waals surface area contributed by atoms with E-state index in [0.29, 0.717) is 16.2 Å². The molecular weight excluding hydrogens is 242 g/mol. The van der Waals surface area contributed by atoms with Crippen molar-refractivity contribution in [2.24, 2.45) is 46.6 Å². The van der Waals surface area contributed by atoms with E-state index in [1.807, 2.05) is 0 Å². The van der Waals surface area contributed by atoms with Gasteiger partial charge < -0.3 is 5.21 Å². The summed E-state index contributed by atoms with van der Waals surface area (Å²) < 4.78 is 0.367. The van der Waals surface area contributed by atoms with Crippen molar-refractivity contribution >= 4 is 21.6 Å². The maximum Gasteiger partial charge on any atom is 0.0655 e. The van der Waals surface area contributed by atoms with Gasteiger partial charge in [0.05, 0.1) is 5.71 Å². The molecule has 8 atom stereocenters. The molecule has 6 fully saturated rings.